The zero-order valence-electron chi connectivity index (χ0n) is 6.76. The quantitative estimate of drug-likeness (QED) is 0.420. The van der Waals surface area contributed by atoms with E-state index in [2.05, 4.69) is 23.7 Å². The van der Waals surface area contributed by atoms with Gasteiger partial charge >= 0.3 is 5.97 Å². The van der Waals surface area contributed by atoms with Gasteiger partial charge in [-0.05, 0) is 24.8 Å². The van der Waals surface area contributed by atoms with Crippen LogP contribution in [0.25, 0.3) is 0 Å². The van der Waals surface area contributed by atoms with E-state index in [1.807, 2.05) is 0 Å². The lowest BCUT2D eigenvalue weighted by atomic mass is 10.2. The second kappa shape index (κ2) is 4.26. The molecule has 0 amide bonds. The molecule has 2 nitrogen and oxygen atoms in total. The van der Waals surface area contributed by atoms with Gasteiger partial charge in [-0.15, -0.1) is 0 Å². The first-order valence-corrected chi connectivity index (χ1v) is 3.61. The molecule has 0 fully saturated rings. The molecule has 1 atom stereocenters. The second-order valence-corrected chi connectivity index (χ2v) is 2.22. The fourth-order valence-corrected chi connectivity index (χ4v) is 0.782. The lowest BCUT2D eigenvalue weighted by Crippen LogP contribution is -2.05. The molecule has 0 bridgehead atoms. The predicted octanol–water partition coefficient (Wildman–Crippen LogP) is 0.885. The maximum atomic E-state index is 10.6. The Labute approximate surface area is 71.6 Å². The van der Waals surface area contributed by atoms with Crippen LogP contribution in [-0.2, 0) is 9.53 Å². The van der Waals surface area contributed by atoms with E-state index in [-0.39, 0.29) is 12.1 Å². The van der Waals surface area contributed by atoms with Crippen molar-refractivity contribution >= 4 is 5.97 Å². The van der Waals surface area contributed by atoms with Crippen molar-refractivity contribution in [2.45, 2.75) is 19.4 Å². The first-order chi connectivity index (χ1) is 5.83. The summed E-state index contributed by atoms with van der Waals surface area (Å²) in [6.45, 7) is 1.73. The van der Waals surface area contributed by atoms with Crippen molar-refractivity contribution in [2.75, 3.05) is 0 Å². The largest absolute Gasteiger partial charge is 0.454 e. The summed E-state index contributed by atoms with van der Waals surface area (Å²) in [6.07, 6.45) is 3.47. The Balaban J connectivity index is 2.34. The lowest BCUT2D eigenvalue weighted by Gasteiger charge is -2.01. The zero-order chi connectivity index (χ0) is 8.81. The fourth-order valence-electron chi connectivity index (χ4n) is 0.782. The first-order valence-electron chi connectivity index (χ1n) is 3.61. The highest BCUT2D eigenvalue weighted by Gasteiger charge is 2.14. The van der Waals surface area contributed by atoms with E-state index in [0.29, 0.717) is 6.42 Å². The number of hydrogen-bond donors (Lipinski definition) is 0. The minimum Gasteiger partial charge on any atom is -0.454 e. The van der Waals surface area contributed by atoms with Crippen molar-refractivity contribution in [2.24, 2.45) is 0 Å². The van der Waals surface area contributed by atoms with Gasteiger partial charge in [0, 0.05) is 6.08 Å². The monoisotopic (exact) mass is 160 g/mol. The maximum Gasteiger partial charge on any atom is 0.331 e. The Bertz CT molecular complexity index is 317. The molecule has 0 aliphatic carbocycles. The van der Waals surface area contributed by atoms with Crippen molar-refractivity contribution in [3.05, 3.63) is 12.2 Å². The van der Waals surface area contributed by atoms with Crippen LogP contribution in [0.4, 0.5) is 0 Å². The minimum atomic E-state index is -0.289. The van der Waals surface area contributed by atoms with E-state index in [9.17, 15) is 4.79 Å². The first kappa shape index (κ1) is 8.43. The van der Waals surface area contributed by atoms with Gasteiger partial charge < -0.3 is 4.74 Å². The molecule has 0 N–H and O–H groups in total. The molecule has 0 saturated heterocycles. The van der Waals surface area contributed by atoms with Crippen molar-refractivity contribution in [3.63, 3.8) is 0 Å². The molecule has 0 aromatic rings. The summed E-state index contributed by atoms with van der Waals surface area (Å²) in [5.74, 6) is 10.4. The average Bonchev–Trinajstić information content (AvgIpc) is 2.45. The molecule has 1 unspecified atom stereocenters. The topological polar surface area (TPSA) is 26.3 Å². The van der Waals surface area contributed by atoms with Gasteiger partial charge in [-0.1, -0.05) is 11.8 Å². The molecule has 1 rings (SSSR count). The van der Waals surface area contributed by atoms with E-state index in [4.69, 9.17) is 4.74 Å². The molecule has 0 aromatic carbocycles. The Morgan fingerprint density at radius 2 is 2.42 bits per heavy atom. The Morgan fingerprint density at radius 3 is 3.00 bits per heavy atom. The molecule has 60 valence electrons. The molecule has 1 heterocycles. The summed E-state index contributed by atoms with van der Waals surface area (Å²) in [7, 11) is 0. The molecular weight excluding hydrogens is 152 g/mol. The van der Waals surface area contributed by atoms with Crippen LogP contribution in [0, 0.1) is 23.7 Å². The van der Waals surface area contributed by atoms with Crippen LogP contribution in [0.5, 0.6) is 0 Å². The second-order valence-electron chi connectivity index (χ2n) is 2.22. The van der Waals surface area contributed by atoms with Crippen molar-refractivity contribution in [1.29, 1.82) is 0 Å². The van der Waals surface area contributed by atoms with Crippen LogP contribution >= 0.6 is 0 Å². The molecule has 2 heteroatoms. The standard InChI is InChI=1S/C10H8O2/c1-2-3-4-5-6-9-7-8-10(11)12-9/h7-9H,6H2,1H3. The van der Waals surface area contributed by atoms with E-state index in [0.717, 1.165) is 0 Å². The molecule has 1 aliphatic rings. The molecule has 0 saturated carbocycles. The van der Waals surface area contributed by atoms with Gasteiger partial charge in [0.05, 0.1) is 6.42 Å². The number of ether oxygens (including phenoxy) is 1. The summed E-state index contributed by atoms with van der Waals surface area (Å²) in [6, 6.07) is 0. The molecule has 0 aromatic heterocycles. The van der Waals surface area contributed by atoms with Gasteiger partial charge in [-0.2, -0.15) is 0 Å². The molecule has 1 aliphatic heterocycles. The molecular formula is C10H8O2. The van der Waals surface area contributed by atoms with E-state index in [1.165, 1.54) is 6.08 Å². The van der Waals surface area contributed by atoms with Crippen LogP contribution < -0.4 is 0 Å². The highest BCUT2D eigenvalue weighted by molar-refractivity contribution is 5.84. The Hall–Kier alpha value is -1.67. The van der Waals surface area contributed by atoms with Crippen molar-refractivity contribution in [3.8, 4) is 23.7 Å². The Kier molecular flexibility index (Phi) is 2.99. The van der Waals surface area contributed by atoms with Crippen LogP contribution in [0.3, 0.4) is 0 Å². The maximum absolute atomic E-state index is 10.6. The third kappa shape index (κ3) is 2.52. The number of hydrogen-bond acceptors (Lipinski definition) is 2. The normalized spacial score (nSPS) is 18.8. The third-order valence-corrected chi connectivity index (χ3v) is 1.29. The molecule has 0 spiro atoms. The SMILES string of the molecule is CC#CC#CCC1C=CC(=O)O1. The minimum absolute atomic E-state index is 0.177. The number of rotatable bonds is 1. The van der Waals surface area contributed by atoms with E-state index in [1.54, 1.807) is 13.0 Å². The number of carbonyl (C=O) groups is 1. The lowest BCUT2D eigenvalue weighted by molar-refractivity contribution is -0.138. The number of cyclic esters (lactones) is 1. The summed E-state index contributed by atoms with van der Waals surface area (Å²) >= 11 is 0. The van der Waals surface area contributed by atoms with Crippen molar-refractivity contribution < 1.29 is 9.53 Å². The van der Waals surface area contributed by atoms with Gasteiger partial charge in [0.1, 0.15) is 6.10 Å². The highest BCUT2D eigenvalue weighted by Crippen LogP contribution is 2.07. The van der Waals surface area contributed by atoms with Gasteiger partial charge in [-0.3, -0.25) is 0 Å². The van der Waals surface area contributed by atoms with Crippen molar-refractivity contribution in [1.82, 2.24) is 0 Å². The Morgan fingerprint density at radius 1 is 1.58 bits per heavy atom. The summed E-state index contributed by atoms with van der Waals surface area (Å²) in [4.78, 5) is 10.6. The van der Waals surface area contributed by atoms with Crippen LogP contribution in [0.2, 0.25) is 0 Å². The highest BCUT2D eigenvalue weighted by atomic mass is 16.5. The van der Waals surface area contributed by atoms with Gasteiger partial charge in [-0.25, -0.2) is 4.79 Å². The van der Waals surface area contributed by atoms with Crippen LogP contribution in [-0.4, -0.2) is 12.1 Å². The zero-order valence-corrected chi connectivity index (χ0v) is 6.76. The van der Waals surface area contributed by atoms with E-state index < -0.39 is 0 Å². The molecule has 0 radical (unpaired) electrons. The fraction of sp³-hybridized carbons (Fsp3) is 0.300. The van der Waals surface area contributed by atoms with Gasteiger partial charge in [0.25, 0.3) is 0 Å². The van der Waals surface area contributed by atoms with Crippen LogP contribution in [0.1, 0.15) is 13.3 Å². The average molecular weight is 160 g/mol. The third-order valence-electron chi connectivity index (χ3n) is 1.29. The van der Waals surface area contributed by atoms with Crippen LogP contribution in [0.15, 0.2) is 12.2 Å². The predicted molar refractivity (Wildman–Crippen MR) is 44.9 cm³/mol. The summed E-state index contributed by atoms with van der Waals surface area (Å²) in [5.41, 5.74) is 0. The smallest absolute Gasteiger partial charge is 0.331 e. The molecule has 12 heavy (non-hydrogen) atoms. The number of esters is 1. The van der Waals surface area contributed by atoms with Gasteiger partial charge in [0.15, 0.2) is 0 Å². The number of carbonyl (C=O) groups excluding carboxylic acids is 1. The summed E-state index contributed by atoms with van der Waals surface area (Å²) < 4.78 is 4.84. The summed E-state index contributed by atoms with van der Waals surface area (Å²) in [5, 5.41) is 0. The van der Waals surface area contributed by atoms with Gasteiger partial charge in [0.2, 0.25) is 0 Å². The van der Waals surface area contributed by atoms with E-state index >= 15 is 0 Å².